The number of nitrogens with one attached hydrogen (secondary N) is 1. The summed E-state index contributed by atoms with van der Waals surface area (Å²) in [7, 11) is -0.424. The highest BCUT2D eigenvalue weighted by molar-refractivity contribution is 6.45. The van der Waals surface area contributed by atoms with Gasteiger partial charge in [-0.05, 0) is 38.0 Å². The van der Waals surface area contributed by atoms with Gasteiger partial charge in [0, 0.05) is 6.61 Å². The van der Waals surface area contributed by atoms with E-state index in [9.17, 15) is 0 Å². The summed E-state index contributed by atoms with van der Waals surface area (Å²) in [5.41, 5.74) is 0. The second-order valence-corrected chi connectivity index (χ2v) is 3.75. The lowest BCUT2D eigenvalue weighted by Crippen LogP contribution is -2.43. The average molecular weight is 171 g/mol. The zero-order valence-electron chi connectivity index (χ0n) is 7.66. The van der Waals surface area contributed by atoms with E-state index < -0.39 is 7.05 Å². The molecule has 1 rings (SSSR count). The van der Waals surface area contributed by atoms with Crippen LogP contribution in [-0.4, -0.2) is 29.8 Å². The van der Waals surface area contributed by atoms with Crippen molar-refractivity contribution in [3.63, 3.8) is 0 Å². The fourth-order valence-corrected chi connectivity index (χ4v) is 1.95. The van der Waals surface area contributed by atoms with Gasteiger partial charge in [0.25, 0.3) is 0 Å². The molecule has 0 radical (unpaired) electrons. The second-order valence-electron chi connectivity index (χ2n) is 3.75. The average Bonchev–Trinajstić information content (AvgIpc) is 2.03. The van der Waals surface area contributed by atoms with Gasteiger partial charge in [-0.25, -0.2) is 0 Å². The van der Waals surface area contributed by atoms with Gasteiger partial charge in [0.2, 0.25) is 0 Å². The van der Waals surface area contributed by atoms with Gasteiger partial charge >= 0.3 is 7.05 Å². The summed E-state index contributed by atoms with van der Waals surface area (Å²) in [5.74, 6) is 0.440. The monoisotopic (exact) mass is 171 g/mol. The van der Waals surface area contributed by atoms with Gasteiger partial charge in [-0.1, -0.05) is 6.42 Å². The lowest BCUT2D eigenvalue weighted by Gasteiger charge is -2.29. The Balaban J connectivity index is 2.25. The van der Waals surface area contributed by atoms with E-state index in [1.54, 1.807) is 6.82 Å². The molecule has 2 atom stereocenters. The van der Waals surface area contributed by atoms with Gasteiger partial charge in [0.15, 0.2) is 0 Å². The van der Waals surface area contributed by atoms with Crippen molar-refractivity contribution in [3.8, 4) is 0 Å². The summed E-state index contributed by atoms with van der Waals surface area (Å²) >= 11 is 0. The van der Waals surface area contributed by atoms with E-state index in [1.807, 2.05) is 0 Å². The largest absolute Gasteiger partial charge is 0.437 e. The zero-order chi connectivity index (χ0) is 8.97. The molecular weight excluding hydrogens is 153 g/mol. The van der Waals surface area contributed by atoms with Crippen LogP contribution in [0.3, 0.4) is 0 Å². The molecule has 0 aliphatic heterocycles. The van der Waals surface area contributed by atoms with Crippen molar-refractivity contribution in [2.75, 3.05) is 6.61 Å². The second kappa shape index (κ2) is 4.85. The normalized spacial score (nSPS) is 30.2. The number of rotatable bonds is 3. The van der Waals surface area contributed by atoms with Crippen LogP contribution in [0, 0.1) is 5.92 Å². The van der Waals surface area contributed by atoms with Crippen LogP contribution in [0.2, 0.25) is 6.82 Å². The van der Waals surface area contributed by atoms with Crippen molar-refractivity contribution in [2.24, 2.45) is 5.92 Å². The van der Waals surface area contributed by atoms with Gasteiger partial charge in [0.1, 0.15) is 0 Å². The first-order chi connectivity index (χ1) is 5.72. The summed E-state index contributed by atoms with van der Waals surface area (Å²) in [5, 5.41) is 21.1. The van der Waals surface area contributed by atoms with Crippen molar-refractivity contribution in [2.45, 2.75) is 38.5 Å². The summed E-state index contributed by atoms with van der Waals surface area (Å²) < 4.78 is 0. The molecule has 0 aromatic carbocycles. The standard InChI is InChI=1S/C8H18BNO2/c1-9(12)10-8-4-2-3-7(5-8)6-11/h7-8,10-12H,2-6H2,1H3/t7-,8?/m1/s1. The van der Waals surface area contributed by atoms with Crippen LogP contribution in [0.4, 0.5) is 0 Å². The molecule has 3 N–H and O–H groups in total. The molecule has 1 unspecified atom stereocenters. The predicted octanol–water partition coefficient (Wildman–Crippen LogP) is 0.237. The first kappa shape index (κ1) is 10.0. The number of hydrogen-bond donors (Lipinski definition) is 3. The molecule has 3 nitrogen and oxygen atoms in total. The molecule has 1 fully saturated rings. The highest BCUT2D eigenvalue weighted by atomic mass is 16.3. The number of aliphatic hydroxyl groups excluding tert-OH is 1. The predicted molar refractivity (Wildman–Crippen MR) is 49.8 cm³/mol. The Morgan fingerprint density at radius 3 is 2.83 bits per heavy atom. The van der Waals surface area contributed by atoms with Crippen LogP contribution in [-0.2, 0) is 0 Å². The van der Waals surface area contributed by atoms with Crippen LogP contribution in [0.25, 0.3) is 0 Å². The quantitative estimate of drug-likeness (QED) is 0.533. The maximum Gasteiger partial charge on any atom is 0.373 e. The molecule has 0 bridgehead atoms. The molecule has 1 aliphatic rings. The highest BCUT2D eigenvalue weighted by Crippen LogP contribution is 2.23. The van der Waals surface area contributed by atoms with Crippen LogP contribution >= 0.6 is 0 Å². The summed E-state index contributed by atoms with van der Waals surface area (Å²) in [6.07, 6.45) is 4.42. The van der Waals surface area contributed by atoms with Crippen LogP contribution in [0.5, 0.6) is 0 Å². The Bertz CT molecular complexity index is 132. The molecule has 0 saturated heterocycles. The Kier molecular flexibility index (Phi) is 4.05. The molecule has 0 spiro atoms. The first-order valence-corrected chi connectivity index (χ1v) is 4.77. The third-order valence-electron chi connectivity index (χ3n) is 2.52. The minimum atomic E-state index is -0.424. The van der Waals surface area contributed by atoms with E-state index in [0.29, 0.717) is 12.0 Å². The minimum Gasteiger partial charge on any atom is -0.437 e. The van der Waals surface area contributed by atoms with Crippen LogP contribution < -0.4 is 5.23 Å². The van der Waals surface area contributed by atoms with Gasteiger partial charge in [-0.3, -0.25) is 0 Å². The SMILES string of the molecule is CB(O)NC1CCC[C@@H](CO)C1. The molecule has 1 saturated carbocycles. The smallest absolute Gasteiger partial charge is 0.373 e. The van der Waals surface area contributed by atoms with E-state index in [4.69, 9.17) is 10.1 Å². The zero-order valence-corrected chi connectivity index (χ0v) is 7.66. The molecule has 0 amide bonds. The Labute approximate surface area is 74.3 Å². The van der Waals surface area contributed by atoms with Crippen molar-refractivity contribution in [3.05, 3.63) is 0 Å². The Morgan fingerprint density at radius 2 is 2.25 bits per heavy atom. The van der Waals surface area contributed by atoms with Gasteiger partial charge < -0.3 is 15.4 Å². The van der Waals surface area contributed by atoms with E-state index in [1.165, 1.54) is 0 Å². The van der Waals surface area contributed by atoms with Crippen molar-refractivity contribution < 1.29 is 10.1 Å². The van der Waals surface area contributed by atoms with Crippen molar-refractivity contribution in [1.82, 2.24) is 5.23 Å². The molecular formula is C8H18BNO2. The van der Waals surface area contributed by atoms with Crippen molar-refractivity contribution >= 4 is 7.05 Å². The minimum absolute atomic E-state index is 0.290. The lowest BCUT2D eigenvalue weighted by atomic mass is 9.80. The summed E-state index contributed by atoms with van der Waals surface area (Å²) in [6.45, 7) is 2.03. The molecule has 1 aliphatic carbocycles. The molecule has 0 aromatic rings. The van der Waals surface area contributed by atoms with E-state index in [0.717, 1.165) is 25.7 Å². The number of aliphatic hydroxyl groups is 1. The first-order valence-electron chi connectivity index (χ1n) is 4.77. The highest BCUT2D eigenvalue weighted by Gasteiger charge is 2.22. The van der Waals surface area contributed by atoms with E-state index >= 15 is 0 Å². The molecule has 70 valence electrons. The summed E-state index contributed by atoms with van der Waals surface area (Å²) in [4.78, 5) is 0. The third-order valence-corrected chi connectivity index (χ3v) is 2.52. The Hall–Kier alpha value is -0.0551. The molecule has 4 heteroatoms. The van der Waals surface area contributed by atoms with Crippen LogP contribution in [0.1, 0.15) is 25.7 Å². The summed E-state index contributed by atoms with van der Waals surface area (Å²) in [6, 6.07) is 0.399. The molecule has 12 heavy (non-hydrogen) atoms. The van der Waals surface area contributed by atoms with E-state index in [2.05, 4.69) is 5.23 Å². The molecule has 0 aromatic heterocycles. The van der Waals surface area contributed by atoms with Gasteiger partial charge in [0.05, 0.1) is 0 Å². The third kappa shape index (κ3) is 3.13. The van der Waals surface area contributed by atoms with Gasteiger partial charge in [-0.2, -0.15) is 0 Å². The van der Waals surface area contributed by atoms with Crippen LogP contribution in [0.15, 0.2) is 0 Å². The van der Waals surface area contributed by atoms with Crippen molar-refractivity contribution in [1.29, 1.82) is 0 Å². The number of hydrogen-bond acceptors (Lipinski definition) is 3. The maximum absolute atomic E-state index is 9.09. The van der Waals surface area contributed by atoms with E-state index in [-0.39, 0.29) is 6.61 Å². The lowest BCUT2D eigenvalue weighted by molar-refractivity contribution is 0.175. The fraction of sp³-hybridized carbons (Fsp3) is 1.00. The Morgan fingerprint density at radius 1 is 1.50 bits per heavy atom. The van der Waals surface area contributed by atoms with Gasteiger partial charge in [-0.15, -0.1) is 0 Å². The fourth-order valence-electron chi connectivity index (χ4n) is 1.95. The maximum atomic E-state index is 9.09. The topological polar surface area (TPSA) is 52.5 Å². The molecule has 0 heterocycles.